The number of aromatic nitrogens is 3. The topological polar surface area (TPSA) is 93.0 Å². The van der Waals surface area contributed by atoms with Gasteiger partial charge in [-0.15, -0.1) is 0 Å². The van der Waals surface area contributed by atoms with Gasteiger partial charge in [-0.2, -0.15) is 5.10 Å². The van der Waals surface area contributed by atoms with Crippen molar-refractivity contribution in [1.29, 1.82) is 0 Å². The Hall–Kier alpha value is -2.15. The van der Waals surface area contributed by atoms with Crippen LogP contribution in [0.25, 0.3) is 0 Å². The number of carbonyl (C=O) groups excluding carboxylic acids is 1. The third-order valence-corrected chi connectivity index (χ3v) is 3.15. The lowest BCUT2D eigenvalue weighted by molar-refractivity contribution is -0.115. The summed E-state index contributed by atoms with van der Waals surface area (Å²) in [6.45, 7) is 2.59. The Labute approximate surface area is 115 Å². The van der Waals surface area contributed by atoms with Crippen molar-refractivity contribution in [2.45, 2.75) is 32.3 Å². The van der Waals surface area contributed by atoms with E-state index >= 15 is 0 Å². The molecule has 3 heterocycles. The van der Waals surface area contributed by atoms with Gasteiger partial charge in [0.2, 0.25) is 5.91 Å². The van der Waals surface area contributed by atoms with Crippen LogP contribution in [0.2, 0.25) is 0 Å². The lowest BCUT2D eigenvalue weighted by Crippen LogP contribution is -2.14. The molecule has 3 rings (SSSR count). The maximum absolute atomic E-state index is 11.8. The molecular formula is C13H16N4O3. The van der Waals surface area contributed by atoms with Gasteiger partial charge in [0, 0.05) is 18.7 Å². The van der Waals surface area contributed by atoms with E-state index < -0.39 is 0 Å². The van der Waals surface area contributed by atoms with Gasteiger partial charge in [0.25, 0.3) is 0 Å². The number of nitrogens with zero attached hydrogens (tertiary/aromatic N) is 2. The van der Waals surface area contributed by atoms with Gasteiger partial charge in [-0.1, -0.05) is 5.16 Å². The molecule has 7 heteroatoms. The molecule has 2 aromatic heterocycles. The van der Waals surface area contributed by atoms with E-state index in [1.54, 1.807) is 12.1 Å². The van der Waals surface area contributed by atoms with E-state index in [1.807, 2.05) is 6.92 Å². The predicted molar refractivity (Wildman–Crippen MR) is 70.1 cm³/mol. The highest BCUT2D eigenvalue weighted by Gasteiger charge is 2.20. The van der Waals surface area contributed by atoms with Crippen molar-refractivity contribution in [3.8, 4) is 0 Å². The molecule has 0 saturated carbocycles. The highest BCUT2D eigenvalue weighted by molar-refractivity contribution is 5.91. The second-order valence-corrected chi connectivity index (χ2v) is 4.87. The van der Waals surface area contributed by atoms with Crippen LogP contribution in [0.1, 0.15) is 36.1 Å². The Morgan fingerprint density at radius 2 is 2.45 bits per heavy atom. The number of carbonyl (C=O) groups is 1. The number of H-pyrrole nitrogens is 1. The Morgan fingerprint density at radius 1 is 1.55 bits per heavy atom. The van der Waals surface area contributed by atoms with Gasteiger partial charge >= 0.3 is 0 Å². The molecule has 0 radical (unpaired) electrons. The molecule has 7 nitrogen and oxygen atoms in total. The molecule has 0 spiro atoms. The van der Waals surface area contributed by atoms with Gasteiger partial charge in [0.1, 0.15) is 5.76 Å². The van der Waals surface area contributed by atoms with Crippen LogP contribution in [0, 0.1) is 6.92 Å². The van der Waals surface area contributed by atoms with Crippen molar-refractivity contribution in [3.63, 3.8) is 0 Å². The van der Waals surface area contributed by atoms with Crippen LogP contribution in [0.5, 0.6) is 0 Å². The normalized spacial score (nSPS) is 18.4. The minimum absolute atomic E-state index is 0.0603. The maximum atomic E-state index is 11.8. The van der Waals surface area contributed by atoms with E-state index in [1.165, 1.54) is 0 Å². The predicted octanol–water partition coefficient (Wildman–Crippen LogP) is 1.74. The Kier molecular flexibility index (Phi) is 3.51. The zero-order chi connectivity index (χ0) is 13.9. The zero-order valence-electron chi connectivity index (χ0n) is 11.2. The molecule has 1 aliphatic rings. The summed E-state index contributed by atoms with van der Waals surface area (Å²) in [4.78, 5) is 11.8. The number of anilines is 1. The number of aromatic amines is 1. The monoisotopic (exact) mass is 276 g/mol. The Bertz CT molecular complexity index is 598. The summed E-state index contributed by atoms with van der Waals surface area (Å²) in [6.07, 6.45) is 2.23. The van der Waals surface area contributed by atoms with Crippen molar-refractivity contribution < 1.29 is 14.1 Å². The summed E-state index contributed by atoms with van der Waals surface area (Å²) >= 11 is 0. The molecule has 106 valence electrons. The summed E-state index contributed by atoms with van der Waals surface area (Å²) < 4.78 is 10.5. The molecule has 1 amide bonds. The molecular weight excluding hydrogens is 260 g/mol. The molecule has 1 saturated heterocycles. The van der Waals surface area contributed by atoms with Crippen molar-refractivity contribution in [1.82, 2.24) is 15.4 Å². The van der Waals surface area contributed by atoms with Gasteiger partial charge in [0.15, 0.2) is 5.82 Å². The molecule has 20 heavy (non-hydrogen) atoms. The maximum Gasteiger partial charge on any atom is 0.233 e. The first kappa shape index (κ1) is 12.9. The summed E-state index contributed by atoms with van der Waals surface area (Å²) in [5.74, 6) is 0.846. The molecule has 1 atom stereocenters. The molecule has 0 aromatic carbocycles. The highest BCUT2D eigenvalue weighted by Crippen LogP contribution is 2.28. The van der Waals surface area contributed by atoms with E-state index in [0.717, 1.165) is 30.8 Å². The van der Waals surface area contributed by atoms with Crippen LogP contribution in [-0.4, -0.2) is 27.9 Å². The van der Waals surface area contributed by atoms with E-state index in [2.05, 4.69) is 20.7 Å². The molecule has 0 bridgehead atoms. The van der Waals surface area contributed by atoms with E-state index in [-0.39, 0.29) is 18.4 Å². The van der Waals surface area contributed by atoms with Crippen LogP contribution in [0.4, 0.5) is 5.82 Å². The first-order chi connectivity index (χ1) is 9.70. The third kappa shape index (κ3) is 2.88. The van der Waals surface area contributed by atoms with Crippen LogP contribution in [0.3, 0.4) is 0 Å². The molecule has 0 unspecified atom stereocenters. The van der Waals surface area contributed by atoms with Gasteiger partial charge in [-0.05, 0) is 19.8 Å². The zero-order valence-corrected chi connectivity index (χ0v) is 11.2. The first-order valence-electron chi connectivity index (χ1n) is 6.59. The quantitative estimate of drug-likeness (QED) is 0.887. The number of ether oxygens (including phenoxy) is 1. The number of amides is 1. The van der Waals surface area contributed by atoms with Crippen LogP contribution < -0.4 is 5.32 Å². The minimum Gasteiger partial charge on any atom is -0.372 e. The fraction of sp³-hybridized carbons (Fsp3) is 0.462. The van der Waals surface area contributed by atoms with Crippen molar-refractivity contribution in [2.24, 2.45) is 0 Å². The number of aryl methyl sites for hydroxylation is 1. The molecule has 0 aliphatic carbocycles. The SMILES string of the molecule is Cc1cc(CC(=O)Nc2cc([C@@H]3CCCO3)[nH]n2)on1. The van der Waals surface area contributed by atoms with Crippen LogP contribution in [0.15, 0.2) is 16.7 Å². The smallest absolute Gasteiger partial charge is 0.233 e. The van der Waals surface area contributed by atoms with E-state index in [4.69, 9.17) is 9.26 Å². The number of nitrogens with one attached hydrogen (secondary N) is 2. The fourth-order valence-electron chi connectivity index (χ4n) is 2.23. The fourth-order valence-corrected chi connectivity index (χ4v) is 2.23. The summed E-state index contributed by atoms with van der Waals surface area (Å²) in [5.41, 5.74) is 1.65. The standard InChI is InChI=1S/C13H16N4O3/c1-8-5-9(20-17-8)6-13(18)14-12-7-10(15-16-12)11-3-2-4-19-11/h5,7,11H,2-4,6H2,1H3,(H2,14,15,16,18)/t11-/m0/s1. The first-order valence-corrected chi connectivity index (χ1v) is 6.59. The summed E-state index contributed by atoms with van der Waals surface area (Å²) in [6, 6.07) is 3.54. The van der Waals surface area contributed by atoms with Crippen molar-refractivity contribution in [2.75, 3.05) is 11.9 Å². The average Bonchev–Trinajstić information content (AvgIpc) is 3.10. The van der Waals surface area contributed by atoms with Crippen LogP contribution >= 0.6 is 0 Å². The average molecular weight is 276 g/mol. The lowest BCUT2D eigenvalue weighted by atomic mass is 10.2. The number of rotatable bonds is 4. The second kappa shape index (κ2) is 5.46. The van der Waals surface area contributed by atoms with Gasteiger partial charge < -0.3 is 14.6 Å². The highest BCUT2D eigenvalue weighted by atomic mass is 16.5. The largest absolute Gasteiger partial charge is 0.372 e. The molecule has 1 fully saturated rings. The third-order valence-electron chi connectivity index (χ3n) is 3.15. The van der Waals surface area contributed by atoms with Gasteiger partial charge in [-0.3, -0.25) is 9.89 Å². The molecule has 2 N–H and O–H groups in total. The number of hydrogen-bond donors (Lipinski definition) is 2. The molecule has 1 aliphatic heterocycles. The molecule has 2 aromatic rings. The lowest BCUT2D eigenvalue weighted by Gasteiger charge is -2.04. The van der Waals surface area contributed by atoms with E-state index in [0.29, 0.717) is 11.6 Å². The number of hydrogen-bond acceptors (Lipinski definition) is 5. The van der Waals surface area contributed by atoms with Gasteiger partial charge in [-0.25, -0.2) is 0 Å². The van der Waals surface area contributed by atoms with E-state index in [9.17, 15) is 4.79 Å². The Balaban J connectivity index is 1.58. The van der Waals surface area contributed by atoms with Crippen molar-refractivity contribution in [3.05, 3.63) is 29.3 Å². The van der Waals surface area contributed by atoms with Crippen molar-refractivity contribution >= 4 is 11.7 Å². The minimum atomic E-state index is -0.188. The second-order valence-electron chi connectivity index (χ2n) is 4.87. The Morgan fingerprint density at radius 3 is 3.15 bits per heavy atom. The summed E-state index contributed by atoms with van der Waals surface area (Å²) in [5, 5.41) is 13.4. The summed E-state index contributed by atoms with van der Waals surface area (Å²) in [7, 11) is 0. The van der Waals surface area contributed by atoms with Gasteiger partial charge in [0.05, 0.1) is 23.9 Å². The van der Waals surface area contributed by atoms with Crippen LogP contribution in [-0.2, 0) is 16.0 Å².